The van der Waals surface area contributed by atoms with Crippen LogP contribution in [0.4, 0.5) is 5.82 Å². The van der Waals surface area contributed by atoms with Crippen LogP contribution in [0.3, 0.4) is 0 Å². The minimum atomic E-state index is 0.873. The molecule has 1 aliphatic heterocycles. The van der Waals surface area contributed by atoms with Crippen LogP contribution in [-0.4, -0.2) is 32.6 Å². The normalized spacial score (nSPS) is 16.1. The van der Waals surface area contributed by atoms with Gasteiger partial charge in [0.25, 0.3) is 0 Å². The smallest absolute Gasteiger partial charge is 0.143 e. The maximum atomic E-state index is 4.35. The van der Waals surface area contributed by atoms with E-state index >= 15 is 0 Å². The fourth-order valence-electron chi connectivity index (χ4n) is 2.17. The predicted octanol–water partition coefficient (Wildman–Crippen LogP) is 1.65. The third kappa shape index (κ3) is 2.13. The highest BCUT2D eigenvalue weighted by Gasteiger charge is 2.12. The molecule has 0 atom stereocenters. The van der Waals surface area contributed by atoms with Crippen molar-refractivity contribution in [3.8, 4) is 5.82 Å². The molecule has 0 N–H and O–H groups in total. The Hall–Kier alpha value is -1.91. The number of anilines is 1. The molecule has 1 saturated heterocycles. The molecule has 0 radical (unpaired) electrons. The van der Waals surface area contributed by atoms with E-state index in [2.05, 4.69) is 19.9 Å². The highest BCUT2D eigenvalue weighted by atomic mass is 15.2. The molecular formula is C12H15N5. The fourth-order valence-corrected chi connectivity index (χ4v) is 2.17. The molecular weight excluding hydrogens is 214 g/mol. The Balaban J connectivity index is 1.88. The van der Waals surface area contributed by atoms with Gasteiger partial charge in [-0.2, -0.15) is 0 Å². The van der Waals surface area contributed by atoms with Crippen LogP contribution in [0, 0.1) is 0 Å². The quantitative estimate of drug-likeness (QED) is 0.785. The van der Waals surface area contributed by atoms with Gasteiger partial charge in [0, 0.05) is 31.5 Å². The molecule has 0 spiro atoms. The lowest BCUT2D eigenvalue weighted by Crippen LogP contribution is -2.30. The first-order valence-corrected chi connectivity index (χ1v) is 5.99. The lowest BCUT2D eigenvalue weighted by Gasteiger charge is -2.27. The van der Waals surface area contributed by atoms with Crippen LogP contribution in [0.5, 0.6) is 0 Å². The summed E-state index contributed by atoms with van der Waals surface area (Å²) in [5.41, 5.74) is 0. The van der Waals surface area contributed by atoms with Crippen molar-refractivity contribution in [2.24, 2.45) is 0 Å². The molecule has 17 heavy (non-hydrogen) atoms. The van der Waals surface area contributed by atoms with Gasteiger partial charge in [-0.05, 0) is 19.3 Å². The molecule has 0 bridgehead atoms. The third-order valence-electron chi connectivity index (χ3n) is 3.09. The Labute approximate surface area is 100 Å². The number of rotatable bonds is 2. The van der Waals surface area contributed by atoms with E-state index < -0.39 is 0 Å². The highest BCUT2D eigenvalue weighted by molar-refractivity contribution is 5.43. The molecule has 0 unspecified atom stereocenters. The Kier molecular flexibility index (Phi) is 2.73. The number of hydrogen-bond donors (Lipinski definition) is 0. The third-order valence-corrected chi connectivity index (χ3v) is 3.09. The molecule has 2 aromatic rings. The molecule has 3 heterocycles. The summed E-state index contributed by atoms with van der Waals surface area (Å²) in [6.07, 6.45) is 10.9. The van der Waals surface area contributed by atoms with Crippen molar-refractivity contribution in [3.63, 3.8) is 0 Å². The summed E-state index contributed by atoms with van der Waals surface area (Å²) in [6, 6.07) is 2.02. The Morgan fingerprint density at radius 1 is 1.00 bits per heavy atom. The van der Waals surface area contributed by atoms with Crippen molar-refractivity contribution < 1.29 is 0 Å². The average molecular weight is 229 g/mol. The van der Waals surface area contributed by atoms with Crippen LogP contribution in [0.15, 0.2) is 31.1 Å². The lowest BCUT2D eigenvalue weighted by molar-refractivity contribution is 0.573. The van der Waals surface area contributed by atoms with Gasteiger partial charge in [0.15, 0.2) is 0 Å². The summed E-state index contributed by atoms with van der Waals surface area (Å²) in [4.78, 5) is 15.0. The maximum absolute atomic E-state index is 4.35. The van der Waals surface area contributed by atoms with Gasteiger partial charge in [0.05, 0.1) is 0 Å². The molecule has 1 fully saturated rings. The summed E-state index contributed by atoms with van der Waals surface area (Å²) in [7, 11) is 0. The summed E-state index contributed by atoms with van der Waals surface area (Å²) in [5.74, 6) is 1.89. The van der Waals surface area contributed by atoms with E-state index in [0.717, 1.165) is 24.7 Å². The second-order valence-corrected chi connectivity index (χ2v) is 4.25. The number of imidazole rings is 1. The van der Waals surface area contributed by atoms with Gasteiger partial charge in [-0.1, -0.05) is 0 Å². The minimum absolute atomic E-state index is 0.873. The van der Waals surface area contributed by atoms with Gasteiger partial charge in [0.1, 0.15) is 24.3 Å². The van der Waals surface area contributed by atoms with Crippen LogP contribution in [0.1, 0.15) is 19.3 Å². The summed E-state index contributed by atoms with van der Waals surface area (Å²) < 4.78 is 1.90. The Morgan fingerprint density at radius 2 is 1.82 bits per heavy atom. The van der Waals surface area contributed by atoms with Crippen molar-refractivity contribution in [1.82, 2.24) is 19.5 Å². The van der Waals surface area contributed by atoms with Crippen molar-refractivity contribution in [2.45, 2.75) is 19.3 Å². The first-order chi connectivity index (χ1) is 8.43. The van der Waals surface area contributed by atoms with Gasteiger partial charge < -0.3 is 4.90 Å². The molecule has 2 aromatic heterocycles. The largest absolute Gasteiger partial charge is 0.356 e. The zero-order valence-corrected chi connectivity index (χ0v) is 9.66. The topological polar surface area (TPSA) is 46.8 Å². The molecule has 0 aromatic carbocycles. The van der Waals surface area contributed by atoms with Crippen LogP contribution >= 0.6 is 0 Å². The second kappa shape index (κ2) is 4.53. The molecule has 1 aliphatic rings. The number of hydrogen-bond acceptors (Lipinski definition) is 4. The minimum Gasteiger partial charge on any atom is -0.356 e. The molecule has 3 rings (SSSR count). The number of aromatic nitrogens is 4. The summed E-state index contributed by atoms with van der Waals surface area (Å²) in [6.45, 7) is 2.20. The predicted molar refractivity (Wildman–Crippen MR) is 65.2 cm³/mol. The van der Waals surface area contributed by atoms with Gasteiger partial charge in [-0.25, -0.2) is 15.0 Å². The summed E-state index contributed by atoms with van der Waals surface area (Å²) in [5, 5.41) is 0. The van der Waals surface area contributed by atoms with Crippen LogP contribution < -0.4 is 4.90 Å². The zero-order chi connectivity index (χ0) is 11.5. The van der Waals surface area contributed by atoms with Gasteiger partial charge in [0.2, 0.25) is 0 Å². The molecule has 0 aliphatic carbocycles. The van der Waals surface area contributed by atoms with Gasteiger partial charge >= 0.3 is 0 Å². The first-order valence-electron chi connectivity index (χ1n) is 5.99. The standard InChI is InChI=1S/C12H15N5/c1-2-5-16(6-3-1)11-8-12(15-9-14-11)17-7-4-13-10-17/h4,7-10H,1-3,5-6H2. The first kappa shape index (κ1) is 10.3. The van der Waals surface area contributed by atoms with Crippen LogP contribution in [0.2, 0.25) is 0 Å². The van der Waals surface area contributed by atoms with Crippen molar-refractivity contribution in [2.75, 3.05) is 18.0 Å². The average Bonchev–Trinajstić information content (AvgIpc) is 2.94. The van der Waals surface area contributed by atoms with Crippen LogP contribution in [0.25, 0.3) is 5.82 Å². The highest BCUT2D eigenvalue weighted by Crippen LogP contribution is 2.18. The molecule has 5 nitrogen and oxygen atoms in total. The molecule has 5 heteroatoms. The zero-order valence-electron chi connectivity index (χ0n) is 9.66. The van der Waals surface area contributed by atoms with Crippen molar-refractivity contribution >= 4 is 5.82 Å². The monoisotopic (exact) mass is 229 g/mol. The van der Waals surface area contributed by atoms with E-state index in [0.29, 0.717) is 0 Å². The fraction of sp³-hybridized carbons (Fsp3) is 0.417. The van der Waals surface area contributed by atoms with E-state index in [1.165, 1.54) is 19.3 Å². The van der Waals surface area contributed by atoms with Gasteiger partial charge in [-0.15, -0.1) is 0 Å². The molecule has 88 valence electrons. The Morgan fingerprint density at radius 3 is 2.59 bits per heavy atom. The van der Waals surface area contributed by atoms with Crippen molar-refractivity contribution in [3.05, 3.63) is 31.1 Å². The summed E-state index contributed by atoms with van der Waals surface area (Å²) >= 11 is 0. The van der Waals surface area contributed by atoms with E-state index in [1.54, 1.807) is 18.9 Å². The van der Waals surface area contributed by atoms with E-state index in [1.807, 2.05) is 16.8 Å². The SMILES string of the molecule is c1cn(-c2cc(N3CCCCC3)ncn2)cn1. The number of nitrogens with zero attached hydrogens (tertiary/aromatic N) is 5. The molecule has 0 amide bonds. The lowest BCUT2D eigenvalue weighted by atomic mass is 10.1. The second-order valence-electron chi connectivity index (χ2n) is 4.25. The van der Waals surface area contributed by atoms with E-state index in [9.17, 15) is 0 Å². The van der Waals surface area contributed by atoms with E-state index in [-0.39, 0.29) is 0 Å². The molecule has 0 saturated carbocycles. The number of piperidine rings is 1. The van der Waals surface area contributed by atoms with Crippen molar-refractivity contribution in [1.29, 1.82) is 0 Å². The van der Waals surface area contributed by atoms with E-state index in [4.69, 9.17) is 0 Å². The van der Waals surface area contributed by atoms with Crippen LogP contribution in [-0.2, 0) is 0 Å². The maximum Gasteiger partial charge on any atom is 0.143 e. The Bertz CT molecular complexity index is 473. The van der Waals surface area contributed by atoms with Gasteiger partial charge in [-0.3, -0.25) is 4.57 Å².